The van der Waals surface area contributed by atoms with E-state index < -0.39 is 0 Å². The van der Waals surface area contributed by atoms with Gasteiger partial charge in [-0.25, -0.2) is 0 Å². The molecule has 9 heteroatoms. The van der Waals surface area contributed by atoms with Crippen molar-refractivity contribution in [3.8, 4) is 0 Å². The standard InChI is InChI=1S/C17H19N5O3S/c1-3-9-21-15(24)12-6-4-5-7-13(12)22-16(21)19-20-17(22)26-11-14(23)18-8-10-25-2/h3-7H,1,8-11H2,2H3,(H,18,23). The molecule has 0 aliphatic rings. The summed E-state index contributed by atoms with van der Waals surface area (Å²) in [5.74, 6) is 0.503. The van der Waals surface area contributed by atoms with Gasteiger partial charge in [-0.1, -0.05) is 30.0 Å². The first-order chi connectivity index (χ1) is 12.7. The Morgan fingerprint density at radius 3 is 2.96 bits per heavy atom. The second-order valence-electron chi connectivity index (χ2n) is 5.47. The maximum absolute atomic E-state index is 12.7. The first-order valence-corrected chi connectivity index (χ1v) is 9.02. The molecule has 2 aromatic heterocycles. The van der Waals surface area contributed by atoms with Gasteiger partial charge in [-0.3, -0.25) is 18.6 Å². The van der Waals surface area contributed by atoms with Crippen LogP contribution in [0.3, 0.4) is 0 Å². The van der Waals surface area contributed by atoms with E-state index in [2.05, 4.69) is 22.1 Å². The number of fused-ring (bicyclic) bond motifs is 3. The van der Waals surface area contributed by atoms with E-state index in [1.807, 2.05) is 18.2 Å². The molecule has 0 saturated heterocycles. The van der Waals surface area contributed by atoms with Crippen LogP contribution < -0.4 is 10.9 Å². The Hall–Kier alpha value is -2.65. The van der Waals surface area contributed by atoms with Crippen LogP contribution in [0.5, 0.6) is 0 Å². The molecule has 26 heavy (non-hydrogen) atoms. The number of thioether (sulfide) groups is 1. The summed E-state index contributed by atoms with van der Waals surface area (Å²) >= 11 is 1.27. The minimum absolute atomic E-state index is 0.118. The van der Waals surface area contributed by atoms with Gasteiger partial charge in [0.2, 0.25) is 11.7 Å². The molecule has 0 radical (unpaired) electrons. The molecule has 0 spiro atoms. The molecule has 0 aliphatic carbocycles. The average Bonchev–Trinajstić information content (AvgIpc) is 3.07. The van der Waals surface area contributed by atoms with Crippen LogP contribution in [-0.4, -0.2) is 51.1 Å². The van der Waals surface area contributed by atoms with Gasteiger partial charge in [0.1, 0.15) is 0 Å². The number of para-hydroxylation sites is 1. The average molecular weight is 373 g/mol. The number of methoxy groups -OCH3 is 1. The van der Waals surface area contributed by atoms with Crippen molar-refractivity contribution in [3.63, 3.8) is 0 Å². The molecule has 1 amide bonds. The third-order valence-corrected chi connectivity index (χ3v) is 4.68. The van der Waals surface area contributed by atoms with Crippen LogP contribution in [-0.2, 0) is 16.1 Å². The Balaban J connectivity index is 1.99. The van der Waals surface area contributed by atoms with E-state index >= 15 is 0 Å². The van der Waals surface area contributed by atoms with Gasteiger partial charge in [-0.05, 0) is 12.1 Å². The Morgan fingerprint density at radius 2 is 2.19 bits per heavy atom. The number of carbonyl (C=O) groups is 1. The van der Waals surface area contributed by atoms with Gasteiger partial charge in [0, 0.05) is 20.2 Å². The molecular formula is C17H19N5O3S. The van der Waals surface area contributed by atoms with Crippen molar-refractivity contribution in [3.05, 3.63) is 47.3 Å². The molecular weight excluding hydrogens is 354 g/mol. The molecule has 1 N–H and O–H groups in total. The van der Waals surface area contributed by atoms with E-state index in [0.29, 0.717) is 41.5 Å². The van der Waals surface area contributed by atoms with Crippen LogP contribution >= 0.6 is 11.8 Å². The minimum atomic E-state index is -0.144. The van der Waals surface area contributed by atoms with Crippen molar-refractivity contribution < 1.29 is 9.53 Å². The zero-order chi connectivity index (χ0) is 18.5. The van der Waals surface area contributed by atoms with Crippen LogP contribution in [0.15, 0.2) is 46.9 Å². The topological polar surface area (TPSA) is 90.5 Å². The zero-order valence-corrected chi connectivity index (χ0v) is 15.2. The van der Waals surface area contributed by atoms with E-state index in [1.165, 1.54) is 16.3 Å². The van der Waals surface area contributed by atoms with Crippen LogP contribution in [0.2, 0.25) is 0 Å². The van der Waals surface area contributed by atoms with Crippen LogP contribution in [0.25, 0.3) is 16.7 Å². The second kappa shape index (κ2) is 8.15. The van der Waals surface area contributed by atoms with Gasteiger partial charge in [0.15, 0.2) is 5.16 Å². The molecule has 8 nitrogen and oxygen atoms in total. The van der Waals surface area contributed by atoms with E-state index in [-0.39, 0.29) is 17.2 Å². The fourth-order valence-electron chi connectivity index (χ4n) is 2.59. The fourth-order valence-corrected chi connectivity index (χ4v) is 3.36. The number of amides is 1. The number of allylic oxidation sites excluding steroid dienone is 1. The Bertz CT molecular complexity index is 1010. The molecule has 1 aromatic carbocycles. The fraction of sp³-hybridized carbons (Fsp3) is 0.294. The Morgan fingerprint density at radius 1 is 1.38 bits per heavy atom. The quantitative estimate of drug-likeness (QED) is 0.361. The van der Waals surface area contributed by atoms with Crippen molar-refractivity contribution in [2.24, 2.45) is 0 Å². The summed E-state index contributed by atoms with van der Waals surface area (Å²) in [6.45, 7) is 4.94. The van der Waals surface area contributed by atoms with Crippen molar-refractivity contribution in [1.29, 1.82) is 0 Å². The van der Waals surface area contributed by atoms with Crippen molar-refractivity contribution >= 4 is 34.3 Å². The highest BCUT2D eigenvalue weighted by molar-refractivity contribution is 7.99. The molecule has 0 unspecified atom stereocenters. The first kappa shape index (κ1) is 18.2. The SMILES string of the molecule is C=CCn1c(=O)c2ccccc2n2c(SCC(=O)NCCOC)nnc12. The molecule has 0 atom stereocenters. The summed E-state index contributed by atoms with van der Waals surface area (Å²) in [7, 11) is 1.58. The smallest absolute Gasteiger partial charge is 0.263 e. The molecule has 3 rings (SSSR count). The minimum Gasteiger partial charge on any atom is -0.383 e. The Labute approximate surface area is 153 Å². The predicted octanol–water partition coefficient (Wildman–Crippen LogP) is 1.08. The summed E-state index contributed by atoms with van der Waals surface area (Å²) in [6.07, 6.45) is 1.64. The largest absolute Gasteiger partial charge is 0.383 e. The number of benzene rings is 1. The lowest BCUT2D eigenvalue weighted by Gasteiger charge is -2.09. The van der Waals surface area contributed by atoms with Gasteiger partial charge in [0.25, 0.3) is 5.56 Å². The van der Waals surface area contributed by atoms with E-state index in [9.17, 15) is 9.59 Å². The highest BCUT2D eigenvalue weighted by Crippen LogP contribution is 2.21. The molecule has 0 fully saturated rings. The van der Waals surface area contributed by atoms with Crippen molar-refractivity contribution in [1.82, 2.24) is 24.5 Å². The molecule has 3 aromatic rings. The monoisotopic (exact) mass is 373 g/mol. The van der Waals surface area contributed by atoms with Gasteiger partial charge >= 0.3 is 0 Å². The highest BCUT2D eigenvalue weighted by Gasteiger charge is 2.16. The number of nitrogens with zero attached hydrogens (tertiary/aromatic N) is 4. The predicted molar refractivity (Wildman–Crippen MR) is 101 cm³/mol. The molecule has 0 saturated carbocycles. The second-order valence-corrected chi connectivity index (χ2v) is 6.41. The number of aromatic nitrogens is 4. The normalized spacial score (nSPS) is 11.1. The summed E-state index contributed by atoms with van der Waals surface area (Å²) < 4.78 is 8.23. The lowest BCUT2D eigenvalue weighted by atomic mass is 10.2. The van der Waals surface area contributed by atoms with E-state index in [1.54, 1.807) is 23.7 Å². The number of hydrogen-bond acceptors (Lipinski definition) is 6. The summed E-state index contributed by atoms with van der Waals surface area (Å²) in [6, 6.07) is 7.27. The van der Waals surface area contributed by atoms with Gasteiger partial charge in [-0.15, -0.1) is 16.8 Å². The van der Waals surface area contributed by atoms with Gasteiger partial charge in [0.05, 0.1) is 23.3 Å². The highest BCUT2D eigenvalue weighted by atomic mass is 32.2. The maximum Gasteiger partial charge on any atom is 0.263 e. The number of nitrogens with one attached hydrogen (secondary N) is 1. The Kier molecular flexibility index (Phi) is 5.69. The maximum atomic E-state index is 12.7. The molecule has 0 bridgehead atoms. The molecule has 136 valence electrons. The van der Waals surface area contributed by atoms with E-state index in [4.69, 9.17) is 4.74 Å². The lowest BCUT2D eigenvalue weighted by molar-refractivity contribution is -0.118. The zero-order valence-electron chi connectivity index (χ0n) is 14.3. The van der Waals surface area contributed by atoms with E-state index in [0.717, 1.165) is 0 Å². The lowest BCUT2D eigenvalue weighted by Crippen LogP contribution is -2.28. The first-order valence-electron chi connectivity index (χ1n) is 8.03. The number of carbonyl (C=O) groups excluding carboxylic acids is 1. The van der Waals surface area contributed by atoms with Crippen LogP contribution in [0.1, 0.15) is 0 Å². The number of ether oxygens (including phenoxy) is 1. The molecule has 2 heterocycles. The van der Waals surface area contributed by atoms with Crippen molar-refractivity contribution in [2.45, 2.75) is 11.7 Å². The third kappa shape index (κ3) is 3.49. The summed E-state index contributed by atoms with van der Waals surface area (Å²) in [5.41, 5.74) is 0.564. The van der Waals surface area contributed by atoms with Crippen molar-refractivity contribution in [2.75, 3.05) is 26.0 Å². The van der Waals surface area contributed by atoms with Crippen LogP contribution in [0.4, 0.5) is 0 Å². The molecule has 0 aliphatic heterocycles. The third-order valence-electron chi connectivity index (χ3n) is 3.75. The van der Waals surface area contributed by atoms with Gasteiger partial charge < -0.3 is 10.1 Å². The number of rotatable bonds is 8. The summed E-state index contributed by atoms with van der Waals surface area (Å²) in [5, 5.41) is 12.2. The van der Waals surface area contributed by atoms with Crippen LogP contribution in [0, 0.1) is 0 Å². The number of hydrogen-bond donors (Lipinski definition) is 1. The van der Waals surface area contributed by atoms with Gasteiger partial charge in [-0.2, -0.15) is 0 Å². The summed E-state index contributed by atoms with van der Waals surface area (Å²) in [4.78, 5) is 24.6.